The van der Waals surface area contributed by atoms with Gasteiger partial charge in [-0.15, -0.1) is 0 Å². The van der Waals surface area contributed by atoms with Crippen molar-refractivity contribution in [3.63, 3.8) is 0 Å². The van der Waals surface area contributed by atoms with E-state index in [2.05, 4.69) is 5.32 Å². The number of nitrogens with one attached hydrogen (secondary N) is 1. The Balaban J connectivity index is 2.20. The predicted octanol–water partition coefficient (Wildman–Crippen LogP) is 2.60. The molecule has 0 aromatic heterocycles. The van der Waals surface area contributed by atoms with E-state index in [-0.39, 0.29) is 4.90 Å². The molecule has 0 heterocycles. The highest BCUT2D eigenvalue weighted by Gasteiger charge is 2.46. The van der Waals surface area contributed by atoms with E-state index in [1.54, 1.807) is 39.0 Å². The molecule has 116 valence electrons. The molecule has 0 bridgehead atoms. The van der Waals surface area contributed by atoms with Gasteiger partial charge in [0.1, 0.15) is 5.60 Å². The van der Waals surface area contributed by atoms with Crippen molar-refractivity contribution in [3.8, 4) is 0 Å². The second-order valence-electron chi connectivity index (χ2n) is 6.51. The molecule has 0 unspecified atom stereocenters. The fourth-order valence-electron chi connectivity index (χ4n) is 2.13. The molecule has 0 aliphatic heterocycles. The minimum atomic E-state index is -3.26. The molecule has 1 N–H and O–H groups in total. The lowest BCUT2D eigenvalue weighted by Gasteiger charge is -2.24. The van der Waals surface area contributed by atoms with Gasteiger partial charge in [0.05, 0.1) is 10.4 Å². The Bertz CT molecular complexity index is 654. The highest BCUT2D eigenvalue weighted by atomic mass is 32.2. The number of rotatable bonds is 3. The van der Waals surface area contributed by atoms with Crippen molar-refractivity contribution >= 4 is 15.9 Å². The van der Waals surface area contributed by atoms with Crippen LogP contribution in [0.5, 0.6) is 0 Å². The molecule has 21 heavy (non-hydrogen) atoms. The number of alkyl carbamates (subject to hydrolysis) is 1. The summed E-state index contributed by atoms with van der Waals surface area (Å²) in [5.41, 5.74) is -0.256. The quantitative estimate of drug-likeness (QED) is 0.931. The molecule has 1 amide bonds. The van der Waals surface area contributed by atoms with Crippen molar-refractivity contribution in [2.45, 2.75) is 49.6 Å². The zero-order valence-electron chi connectivity index (χ0n) is 12.8. The highest BCUT2D eigenvalue weighted by molar-refractivity contribution is 7.90. The van der Waals surface area contributed by atoms with Crippen LogP contribution in [0.2, 0.25) is 0 Å². The van der Waals surface area contributed by atoms with Crippen molar-refractivity contribution < 1.29 is 17.9 Å². The molecular weight excluding hydrogens is 290 g/mol. The molecule has 1 saturated carbocycles. The summed E-state index contributed by atoms with van der Waals surface area (Å²) < 4.78 is 28.5. The third-order valence-electron chi connectivity index (χ3n) is 3.30. The number of amides is 1. The van der Waals surface area contributed by atoms with Gasteiger partial charge in [-0.2, -0.15) is 0 Å². The van der Waals surface area contributed by atoms with Gasteiger partial charge in [0.2, 0.25) is 0 Å². The Morgan fingerprint density at radius 3 is 2.38 bits per heavy atom. The first kappa shape index (κ1) is 15.8. The average molecular weight is 311 g/mol. The smallest absolute Gasteiger partial charge is 0.408 e. The summed E-state index contributed by atoms with van der Waals surface area (Å²) in [6, 6.07) is 6.71. The normalized spacial score (nSPS) is 17.1. The molecule has 1 aromatic carbocycles. The molecule has 1 aliphatic carbocycles. The van der Waals surface area contributed by atoms with Crippen molar-refractivity contribution in [3.05, 3.63) is 29.8 Å². The molecule has 6 heteroatoms. The second-order valence-corrected chi connectivity index (χ2v) is 8.52. The number of sulfone groups is 1. The van der Waals surface area contributed by atoms with Crippen LogP contribution in [0.25, 0.3) is 0 Å². The predicted molar refractivity (Wildman–Crippen MR) is 79.8 cm³/mol. The number of carbonyl (C=O) groups excluding carboxylic acids is 1. The summed E-state index contributed by atoms with van der Waals surface area (Å²) in [4.78, 5) is 12.2. The van der Waals surface area contributed by atoms with E-state index in [4.69, 9.17) is 4.74 Å². The fourth-order valence-corrected chi connectivity index (χ4v) is 2.80. The molecule has 0 saturated heterocycles. The summed E-state index contributed by atoms with van der Waals surface area (Å²) >= 11 is 0. The second kappa shape index (κ2) is 5.02. The Morgan fingerprint density at radius 1 is 1.29 bits per heavy atom. The zero-order chi connectivity index (χ0) is 15.9. The van der Waals surface area contributed by atoms with Crippen LogP contribution in [0.15, 0.2) is 29.2 Å². The van der Waals surface area contributed by atoms with Crippen LogP contribution in [0, 0.1) is 0 Å². The summed E-state index contributed by atoms with van der Waals surface area (Å²) in [6.07, 6.45) is 2.25. The van der Waals surface area contributed by atoms with E-state index in [9.17, 15) is 13.2 Å². The topological polar surface area (TPSA) is 72.5 Å². The van der Waals surface area contributed by atoms with Crippen LogP contribution in [0.4, 0.5) is 4.79 Å². The van der Waals surface area contributed by atoms with E-state index < -0.39 is 27.1 Å². The lowest BCUT2D eigenvalue weighted by Crippen LogP contribution is -2.39. The maximum absolute atomic E-state index is 11.9. The molecule has 1 aliphatic rings. The summed E-state index contributed by atoms with van der Waals surface area (Å²) in [5.74, 6) is 0. The SMILES string of the molecule is CC(C)(C)OC(=O)NC1(c2cccc(S(C)(=O)=O)c2)CC1. The van der Waals surface area contributed by atoms with Crippen LogP contribution in [-0.2, 0) is 20.1 Å². The maximum atomic E-state index is 11.9. The van der Waals surface area contributed by atoms with Gasteiger partial charge in [-0.1, -0.05) is 12.1 Å². The van der Waals surface area contributed by atoms with Crippen molar-refractivity contribution in [1.82, 2.24) is 5.32 Å². The zero-order valence-corrected chi connectivity index (χ0v) is 13.6. The molecule has 5 nitrogen and oxygen atoms in total. The summed E-state index contributed by atoms with van der Waals surface area (Å²) in [5, 5.41) is 2.86. The minimum Gasteiger partial charge on any atom is -0.444 e. The minimum absolute atomic E-state index is 0.261. The molecule has 0 spiro atoms. The Hall–Kier alpha value is -1.56. The van der Waals surface area contributed by atoms with Gasteiger partial charge < -0.3 is 10.1 Å². The standard InChI is InChI=1S/C15H21NO4S/c1-14(2,3)20-13(17)16-15(8-9-15)11-6-5-7-12(10-11)21(4,18)19/h5-7,10H,8-9H2,1-4H3,(H,16,17). The molecular formula is C15H21NO4S. The monoisotopic (exact) mass is 311 g/mol. The maximum Gasteiger partial charge on any atom is 0.408 e. The van der Waals surface area contributed by atoms with Crippen LogP contribution >= 0.6 is 0 Å². The van der Waals surface area contributed by atoms with Crippen LogP contribution in [0.3, 0.4) is 0 Å². The molecule has 0 atom stereocenters. The molecule has 1 fully saturated rings. The third-order valence-corrected chi connectivity index (χ3v) is 4.42. The van der Waals surface area contributed by atoms with Gasteiger partial charge in [0, 0.05) is 6.26 Å². The fraction of sp³-hybridized carbons (Fsp3) is 0.533. The summed E-state index contributed by atoms with van der Waals surface area (Å²) in [6.45, 7) is 5.41. The first-order valence-corrected chi connectivity index (χ1v) is 8.73. The average Bonchev–Trinajstić information content (AvgIpc) is 3.06. The number of benzene rings is 1. The van der Waals surface area contributed by atoms with Gasteiger partial charge in [-0.3, -0.25) is 0 Å². The molecule has 1 aromatic rings. The van der Waals surface area contributed by atoms with Crippen LogP contribution in [-0.4, -0.2) is 26.4 Å². The van der Waals surface area contributed by atoms with E-state index in [0.29, 0.717) is 0 Å². The number of carbonyl (C=O) groups is 1. The summed E-state index contributed by atoms with van der Waals surface area (Å²) in [7, 11) is -3.26. The number of ether oxygens (including phenoxy) is 1. The Labute approximate surface area is 125 Å². The van der Waals surface area contributed by atoms with Crippen molar-refractivity contribution in [1.29, 1.82) is 0 Å². The third kappa shape index (κ3) is 3.97. The molecule has 2 rings (SSSR count). The van der Waals surface area contributed by atoms with Crippen molar-refractivity contribution in [2.75, 3.05) is 6.26 Å². The van der Waals surface area contributed by atoms with Gasteiger partial charge in [0.25, 0.3) is 0 Å². The first-order chi connectivity index (χ1) is 9.52. The lowest BCUT2D eigenvalue weighted by molar-refractivity contribution is 0.0495. The van der Waals surface area contributed by atoms with Gasteiger partial charge in [-0.25, -0.2) is 13.2 Å². The van der Waals surface area contributed by atoms with E-state index >= 15 is 0 Å². The van der Waals surface area contributed by atoms with Crippen LogP contribution in [0.1, 0.15) is 39.2 Å². The lowest BCUT2D eigenvalue weighted by atomic mass is 10.1. The van der Waals surface area contributed by atoms with Gasteiger partial charge in [0.15, 0.2) is 9.84 Å². The van der Waals surface area contributed by atoms with E-state index in [1.807, 2.05) is 6.07 Å². The highest BCUT2D eigenvalue weighted by Crippen LogP contribution is 2.46. The van der Waals surface area contributed by atoms with Gasteiger partial charge in [-0.05, 0) is 51.3 Å². The molecule has 0 radical (unpaired) electrons. The van der Waals surface area contributed by atoms with Crippen molar-refractivity contribution in [2.24, 2.45) is 0 Å². The Morgan fingerprint density at radius 2 is 1.90 bits per heavy atom. The van der Waals surface area contributed by atoms with E-state index in [0.717, 1.165) is 18.4 Å². The van der Waals surface area contributed by atoms with Crippen LogP contribution < -0.4 is 5.32 Å². The first-order valence-electron chi connectivity index (χ1n) is 6.84. The van der Waals surface area contributed by atoms with E-state index in [1.165, 1.54) is 6.26 Å². The largest absolute Gasteiger partial charge is 0.444 e. The number of hydrogen-bond acceptors (Lipinski definition) is 4. The number of hydrogen-bond donors (Lipinski definition) is 1. The van der Waals surface area contributed by atoms with Gasteiger partial charge >= 0.3 is 6.09 Å². The Kier molecular flexibility index (Phi) is 3.78.